The molecule has 51 heavy (non-hydrogen) atoms. The van der Waals surface area contributed by atoms with E-state index in [4.69, 9.17) is 9.47 Å². The lowest BCUT2D eigenvalue weighted by atomic mass is 10.0. The molecule has 0 saturated carbocycles. The van der Waals surface area contributed by atoms with Crippen LogP contribution < -0.4 is 0 Å². The summed E-state index contributed by atoms with van der Waals surface area (Å²) >= 11 is 0. The lowest BCUT2D eigenvalue weighted by Crippen LogP contribution is -2.28. The molecule has 0 aromatic carbocycles. The van der Waals surface area contributed by atoms with Gasteiger partial charge in [-0.1, -0.05) is 190 Å². The number of unbranched alkanes of at least 4 members (excludes halogenated alkanes) is 19. The summed E-state index contributed by atoms with van der Waals surface area (Å²) in [4.78, 5) is 24.3. The SMILES string of the molecule is CC/C=C\C/C=C\CC(O)/C=C/C=C\C/C=C\CCCC(=O)O[C@@H](CO)COC(=O)CCCCCCCCCCCCCCCCCCCCC. The number of allylic oxidation sites excluding steroid dienone is 8. The smallest absolute Gasteiger partial charge is 0.306 e. The average molecular weight is 715 g/mol. The van der Waals surface area contributed by atoms with Gasteiger partial charge < -0.3 is 19.7 Å². The Hall–Kier alpha value is -2.44. The first-order valence-corrected chi connectivity index (χ1v) is 21.0. The molecule has 1 unspecified atom stereocenters. The number of aliphatic hydroxyl groups excluding tert-OH is 2. The van der Waals surface area contributed by atoms with Crippen molar-refractivity contribution in [1.29, 1.82) is 0 Å². The van der Waals surface area contributed by atoms with Gasteiger partial charge in [0.1, 0.15) is 6.61 Å². The topological polar surface area (TPSA) is 93.1 Å². The Morgan fingerprint density at radius 2 is 1.08 bits per heavy atom. The van der Waals surface area contributed by atoms with Crippen LogP contribution in [0.5, 0.6) is 0 Å². The molecule has 0 bridgehead atoms. The summed E-state index contributed by atoms with van der Waals surface area (Å²) in [6, 6.07) is 0. The molecule has 294 valence electrons. The summed E-state index contributed by atoms with van der Waals surface area (Å²) in [6.07, 6.45) is 48.9. The van der Waals surface area contributed by atoms with Crippen LogP contribution in [0.1, 0.15) is 187 Å². The summed E-state index contributed by atoms with van der Waals surface area (Å²) in [6.45, 7) is 3.91. The molecule has 0 saturated heterocycles. The van der Waals surface area contributed by atoms with Crippen LogP contribution in [0.3, 0.4) is 0 Å². The molecule has 0 amide bonds. The summed E-state index contributed by atoms with van der Waals surface area (Å²) in [5.74, 6) is -0.696. The molecule has 6 heteroatoms. The second-order valence-corrected chi connectivity index (χ2v) is 13.9. The third-order valence-corrected chi connectivity index (χ3v) is 8.91. The summed E-state index contributed by atoms with van der Waals surface area (Å²) < 4.78 is 10.6. The highest BCUT2D eigenvalue weighted by molar-refractivity contribution is 5.70. The monoisotopic (exact) mass is 715 g/mol. The molecule has 6 nitrogen and oxygen atoms in total. The van der Waals surface area contributed by atoms with Crippen LogP contribution in [-0.2, 0) is 19.1 Å². The number of carbonyl (C=O) groups is 2. The van der Waals surface area contributed by atoms with E-state index in [-0.39, 0.29) is 25.6 Å². The fourth-order valence-corrected chi connectivity index (χ4v) is 5.73. The van der Waals surface area contributed by atoms with Crippen LogP contribution in [0, 0.1) is 0 Å². The molecular weight excluding hydrogens is 636 g/mol. The molecule has 2 atom stereocenters. The second kappa shape index (κ2) is 40.3. The highest BCUT2D eigenvalue weighted by atomic mass is 16.6. The first kappa shape index (κ1) is 48.6. The van der Waals surface area contributed by atoms with Gasteiger partial charge in [-0.3, -0.25) is 9.59 Å². The Kier molecular flexibility index (Phi) is 38.4. The number of hydrogen-bond donors (Lipinski definition) is 2. The number of hydrogen-bond acceptors (Lipinski definition) is 6. The van der Waals surface area contributed by atoms with E-state index in [1.165, 1.54) is 103 Å². The van der Waals surface area contributed by atoms with Crippen LogP contribution in [0.15, 0.2) is 60.8 Å². The van der Waals surface area contributed by atoms with Crippen molar-refractivity contribution < 1.29 is 29.3 Å². The Labute approximate surface area is 313 Å². The minimum atomic E-state index is -0.822. The van der Waals surface area contributed by atoms with Crippen molar-refractivity contribution in [3.05, 3.63) is 60.8 Å². The van der Waals surface area contributed by atoms with Gasteiger partial charge in [-0.25, -0.2) is 0 Å². The van der Waals surface area contributed by atoms with Crippen LogP contribution in [-0.4, -0.2) is 47.6 Å². The predicted molar refractivity (Wildman–Crippen MR) is 216 cm³/mol. The molecule has 0 heterocycles. The Morgan fingerprint density at radius 1 is 0.569 bits per heavy atom. The molecule has 0 spiro atoms. The fourth-order valence-electron chi connectivity index (χ4n) is 5.73. The van der Waals surface area contributed by atoms with Crippen LogP contribution >= 0.6 is 0 Å². The number of aliphatic hydroxyl groups is 2. The van der Waals surface area contributed by atoms with Crippen LogP contribution in [0.2, 0.25) is 0 Å². The van der Waals surface area contributed by atoms with Crippen molar-refractivity contribution >= 4 is 11.9 Å². The maximum atomic E-state index is 12.2. The lowest BCUT2D eigenvalue weighted by molar-refractivity contribution is -0.161. The van der Waals surface area contributed by atoms with Gasteiger partial charge in [0.15, 0.2) is 6.10 Å². The van der Waals surface area contributed by atoms with Crippen molar-refractivity contribution in [3.8, 4) is 0 Å². The van der Waals surface area contributed by atoms with E-state index < -0.39 is 18.2 Å². The zero-order valence-electron chi connectivity index (χ0n) is 33.0. The molecule has 0 aromatic heterocycles. The molecule has 0 aliphatic heterocycles. The van der Waals surface area contributed by atoms with Crippen molar-refractivity contribution in [2.45, 2.75) is 199 Å². The second-order valence-electron chi connectivity index (χ2n) is 13.9. The van der Waals surface area contributed by atoms with Crippen molar-refractivity contribution in [2.75, 3.05) is 13.2 Å². The fraction of sp³-hybridized carbons (Fsp3) is 0.733. The van der Waals surface area contributed by atoms with Gasteiger partial charge in [-0.15, -0.1) is 0 Å². The summed E-state index contributed by atoms with van der Waals surface area (Å²) in [5, 5.41) is 19.5. The van der Waals surface area contributed by atoms with Gasteiger partial charge >= 0.3 is 11.9 Å². The number of ether oxygens (including phenoxy) is 2. The third-order valence-electron chi connectivity index (χ3n) is 8.91. The Bertz CT molecular complexity index is 918. The molecule has 0 aliphatic rings. The Morgan fingerprint density at radius 3 is 1.65 bits per heavy atom. The van der Waals surface area contributed by atoms with E-state index in [1.807, 2.05) is 36.5 Å². The highest BCUT2D eigenvalue weighted by Crippen LogP contribution is 2.15. The van der Waals surface area contributed by atoms with Gasteiger partial charge in [0.2, 0.25) is 0 Å². The maximum absolute atomic E-state index is 12.2. The minimum Gasteiger partial charge on any atom is -0.462 e. The van der Waals surface area contributed by atoms with Gasteiger partial charge in [0.05, 0.1) is 12.7 Å². The standard InChI is InChI=1S/C45H78O6/c1-3-5-7-9-11-12-13-14-15-16-17-18-19-20-21-22-26-30-34-38-44(48)50-41-43(40-46)51-45(49)39-35-31-27-24-23-25-29-33-37-42(47)36-32-28-10-8-6-4-2/h6,8,24-25,27-29,32-33,37,42-43,46-47H,3-5,7,9-23,26,30-31,34-36,38-41H2,1-2H3/b8-6-,27-24-,29-25-,32-28-,37-33+/t42?,43-/m0/s1. The van der Waals surface area contributed by atoms with Crippen molar-refractivity contribution in [3.63, 3.8) is 0 Å². The zero-order valence-corrected chi connectivity index (χ0v) is 33.0. The third kappa shape index (κ3) is 38.6. The summed E-state index contributed by atoms with van der Waals surface area (Å²) in [7, 11) is 0. The van der Waals surface area contributed by atoms with Crippen LogP contribution in [0.25, 0.3) is 0 Å². The zero-order chi connectivity index (χ0) is 37.3. The van der Waals surface area contributed by atoms with Crippen LogP contribution in [0.4, 0.5) is 0 Å². The summed E-state index contributed by atoms with van der Waals surface area (Å²) in [5.41, 5.74) is 0. The molecule has 0 radical (unpaired) electrons. The number of esters is 2. The largest absolute Gasteiger partial charge is 0.462 e. The maximum Gasteiger partial charge on any atom is 0.306 e. The first-order valence-electron chi connectivity index (χ1n) is 21.0. The molecule has 0 aliphatic carbocycles. The molecular formula is C45H78O6. The Balaban J connectivity index is 3.67. The van der Waals surface area contributed by atoms with Gasteiger partial charge in [0.25, 0.3) is 0 Å². The number of carbonyl (C=O) groups excluding carboxylic acids is 2. The van der Waals surface area contributed by atoms with Gasteiger partial charge in [-0.2, -0.15) is 0 Å². The van der Waals surface area contributed by atoms with E-state index in [0.717, 1.165) is 44.9 Å². The quantitative estimate of drug-likeness (QED) is 0.0288. The van der Waals surface area contributed by atoms with E-state index in [9.17, 15) is 19.8 Å². The number of rotatable bonds is 37. The van der Waals surface area contributed by atoms with Gasteiger partial charge in [0, 0.05) is 12.8 Å². The molecule has 2 N–H and O–H groups in total. The van der Waals surface area contributed by atoms with Crippen molar-refractivity contribution in [2.24, 2.45) is 0 Å². The van der Waals surface area contributed by atoms with E-state index in [2.05, 4.69) is 32.1 Å². The first-order chi connectivity index (χ1) is 25.0. The lowest BCUT2D eigenvalue weighted by Gasteiger charge is -2.15. The normalized spacial score (nSPS) is 13.4. The van der Waals surface area contributed by atoms with Crippen molar-refractivity contribution in [1.82, 2.24) is 0 Å². The average Bonchev–Trinajstić information content (AvgIpc) is 3.13. The molecule has 0 fully saturated rings. The highest BCUT2D eigenvalue weighted by Gasteiger charge is 2.16. The van der Waals surface area contributed by atoms with E-state index in [1.54, 1.807) is 6.08 Å². The molecule has 0 rings (SSSR count). The van der Waals surface area contributed by atoms with Gasteiger partial charge in [-0.05, 0) is 44.9 Å². The minimum absolute atomic E-state index is 0.106. The molecule has 0 aromatic rings. The van der Waals surface area contributed by atoms with E-state index in [0.29, 0.717) is 19.3 Å². The van der Waals surface area contributed by atoms with E-state index >= 15 is 0 Å². The predicted octanol–water partition coefficient (Wildman–Crippen LogP) is 12.1.